The standard InChI is InChI=1S/C10H9FN2OS/c11-8-2-1-3-9(7(8)6-12)15-10-13-4-5-14-10/h1-5H,6,12H2. The number of rotatable bonds is 3. The molecule has 0 aliphatic heterocycles. The molecule has 3 nitrogen and oxygen atoms in total. The van der Waals surface area contributed by atoms with Crippen LogP contribution in [0.3, 0.4) is 0 Å². The molecule has 0 fully saturated rings. The number of aromatic nitrogens is 1. The molecular weight excluding hydrogens is 215 g/mol. The van der Waals surface area contributed by atoms with Crippen molar-refractivity contribution in [2.75, 3.05) is 0 Å². The zero-order chi connectivity index (χ0) is 10.7. The molecule has 2 N–H and O–H groups in total. The molecule has 0 atom stereocenters. The average molecular weight is 224 g/mol. The molecule has 78 valence electrons. The highest BCUT2D eigenvalue weighted by Gasteiger charge is 2.09. The van der Waals surface area contributed by atoms with E-state index in [1.165, 1.54) is 24.1 Å². The van der Waals surface area contributed by atoms with Gasteiger partial charge in [-0.15, -0.1) is 0 Å². The topological polar surface area (TPSA) is 52.0 Å². The second-order valence-corrected chi connectivity index (χ2v) is 3.81. The van der Waals surface area contributed by atoms with Gasteiger partial charge in [0.2, 0.25) is 0 Å². The van der Waals surface area contributed by atoms with Crippen LogP contribution >= 0.6 is 11.8 Å². The van der Waals surface area contributed by atoms with E-state index in [1.807, 2.05) is 0 Å². The molecule has 0 saturated heterocycles. The second kappa shape index (κ2) is 4.46. The maximum absolute atomic E-state index is 13.3. The lowest BCUT2D eigenvalue weighted by atomic mass is 10.2. The zero-order valence-corrected chi connectivity index (χ0v) is 8.63. The van der Waals surface area contributed by atoms with Crippen molar-refractivity contribution in [3.05, 3.63) is 42.0 Å². The van der Waals surface area contributed by atoms with Gasteiger partial charge in [-0.05, 0) is 23.9 Å². The number of nitrogens with two attached hydrogens (primary N) is 1. The molecular formula is C10H9FN2OS. The molecule has 0 unspecified atom stereocenters. The predicted octanol–water partition coefficient (Wildman–Crippen LogP) is 2.42. The van der Waals surface area contributed by atoms with E-state index in [-0.39, 0.29) is 12.4 Å². The van der Waals surface area contributed by atoms with Gasteiger partial charge in [0, 0.05) is 17.0 Å². The zero-order valence-electron chi connectivity index (χ0n) is 7.81. The summed E-state index contributed by atoms with van der Waals surface area (Å²) in [5.41, 5.74) is 5.96. The fourth-order valence-corrected chi connectivity index (χ4v) is 2.04. The van der Waals surface area contributed by atoms with Crippen molar-refractivity contribution in [3.63, 3.8) is 0 Å². The summed E-state index contributed by atoms with van der Waals surface area (Å²) in [5.74, 6) is -0.297. The average Bonchev–Trinajstić information content (AvgIpc) is 2.71. The van der Waals surface area contributed by atoms with Gasteiger partial charge >= 0.3 is 0 Å². The summed E-state index contributed by atoms with van der Waals surface area (Å²) >= 11 is 1.26. The van der Waals surface area contributed by atoms with Crippen LogP contribution in [0, 0.1) is 5.82 Å². The summed E-state index contributed by atoms with van der Waals surface area (Å²) in [4.78, 5) is 4.69. The van der Waals surface area contributed by atoms with Crippen LogP contribution in [0.1, 0.15) is 5.56 Å². The van der Waals surface area contributed by atoms with Crippen molar-refractivity contribution >= 4 is 11.8 Å². The Kier molecular flexibility index (Phi) is 3.03. The van der Waals surface area contributed by atoms with Crippen molar-refractivity contribution in [3.8, 4) is 0 Å². The molecule has 0 bridgehead atoms. The first-order valence-corrected chi connectivity index (χ1v) is 5.17. The highest BCUT2D eigenvalue weighted by Crippen LogP contribution is 2.30. The maximum atomic E-state index is 13.3. The van der Waals surface area contributed by atoms with Crippen molar-refractivity contribution in [2.24, 2.45) is 5.73 Å². The maximum Gasteiger partial charge on any atom is 0.260 e. The molecule has 15 heavy (non-hydrogen) atoms. The lowest BCUT2D eigenvalue weighted by Gasteiger charge is -2.05. The van der Waals surface area contributed by atoms with E-state index in [9.17, 15) is 4.39 Å². The second-order valence-electron chi connectivity index (χ2n) is 2.82. The first-order chi connectivity index (χ1) is 7.31. The van der Waals surface area contributed by atoms with Crippen LogP contribution in [0.4, 0.5) is 4.39 Å². The van der Waals surface area contributed by atoms with Gasteiger partial charge in [-0.2, -0.15) is 0 Å². The van der Waals surface area contributed by atoms with Crippen molar-refractivity contribution < 1.29 is 8.81 Å². The fourth-order valence-electron chi connectivity index (χ4n) is 1.19. The van der Waals surface area contributed by atoms with Crippen LogP contribution in [0.2, 0.25) is 0 Å². The molecule has 0 aliphatic carbocycles. The number of oxazole rings is 1. The largest absolute Gasteiger partial charge is 0.440 e. The molecule has 0 aliphatic rings. The first-order valence-electron chi connectivity index (χ1n) is 4.36. The van der Waals surface area contributed by atoms with E-state index in [0.29, 0.717) is 10.8 Å². The SMILES string of the molecule is NCc1c(F)cccc1Sc1ncco1. The Bertz CT molecular complexity index is 445. The van der Waals surface area contributed by atoms with Crippen molar-refractivity contribution in [1.82, 2.24) is 4.98 Å². The highest BCUT2D eigenvalue weighted by molar-refractivity contribution is 7.99. The molecule has 1 heterocycles. The van der Waals surface area contributed by atoms with Gasteiger partial charge in [-0.25, -0.2) is 9.37 Å². The fraction of sp³-hybridized carbons (Fsp3) is 0.100. The Balaban J connectivity index is 2.32. The first kappa shape index (κ1) is 10.2. The minimum absolute atomic E-state index is 0.162. The molecule has 2 aromatic rings. The molecule has 0 amide bonds. The van der Waals surface area contributed by atoms with E-state index in [2.05, 4.69) is 4.98 Å². The lowest BCUT2D eigenvalue weighted by Crippen LogP contribution is -2.01. The molecule has 1 aromatic carbocycles. The lowest BCUT2D eigenvalue weighted by molar-refractivity contribution is 0.454. The quantitative estimate of drug-likeness (QED) is 0.869. The van der Waals surface area contributed by atoms with Crippen molar-refractivity contribution in [2.45, 2.75) is 16.7 Å². The van der Waals surface area contributed by atoms with Crippen LogP contribution in [0.25, 0.3) is 0 Å². The van der Waals surface area contributed by atoms with E-state index >= 15 is 0 Å². The van der Waals surface area contributed by atoms with Crippen LogP contribution in [-0.4, -0.2) is 4.98 Å². The molecule has 2 rings (SSSR count). The highest BCUT2D eigenvalue weighted by atomic mass is 32.2. The van der Waals surface area contributed by atoms with Gasteiger partial charge in [0.25, 0.3) is 5.22 Å². The molecule has 0 spiro atoms. The number of benzene rings is 1. The number of nitrogens with zero attached hydrogens (tertiary/aromatic N) is 1. The Labute approximate surface area is 90.5 Å². The summed E-state index contributed by atoms with van der Waals surface area (Å²) in [6.07, 6.45) is 3.02. The van der Waals surface area contributed by atoms with Crippen molar-refractivity contribution in [1.29, 1.82) is 0 Å². The minimum atomic E-state index is -0.297. The van der Waals surface area contributed by atoms with Gasteiger partial charge < -0.3 is 10.2 Å². The van der Waals surface area contributed by atoms with E-state index in [4.69, 9.17) is 10.2 Å². The van der Waals surface area contributed by atoms with Gasteiger partial charge in [0.05, 0.1) is 6.20 Å². The van der Waals surface area contributed by atoms with Crippen LogP contribution in [0.15, 0.2) is 45.2 Å². The summed E-state index contributed by atoms with van der Waals surface area (Å²) in [7, 11) is 0. The molecule has 5 heteroatoms. The van der Waals surface area contributed by atoms with E-state index < -0.39 is 0 Å². The van der Waals surface area contributed by atoms with Gasteiger partial charge in [0.15, 0.2) is 0 Å². The van der Waals surface area contributed by atoms with Crippen LogP contribution < -0.4 is 5.73 Å². The molecule has 0 saturated carbocycles. The third-order valence-corrected chi connectivity index (χ3v) is 2.87. The van der Waals surface area contributed by atoms with Crippen LogP contribution in [-0.2, 0) is 6.54 Å². The Morgan fingerprint density at radius 1 is 1.47 bits per heavy atom. The summed E-state index contributed by atoms with van der Waals surface area (Å²) in [5, 5.41) is 0.482. The van der Waals surface area contributed by atoms with Crippen LogP contribution in [0.5, 0.6) is 0 Å². The normalized spacial score (nSPS) is 10.5. The Morgan fingerprint density at radius 3 is 3.00 bits per heavy atom. The molecule has 0 radical (unpaired) electrons. The smallest absolute Gasteiger partial charge is 0.260 e. The summed E-state index contributed by atoms with van der Waals surface area (Å²) in [6.45, 7) is 0.162. The van der Waals surface area contributed by atoms with E-state index in [0.717, 1.165) is 4.90 Å². The number of halogens is 1. The Hall–Kier alpha value is -1.33. The van der Waals surface area contributed by atoms with Gasteiger partial charge in [0.1, 0.15) is 12.1 Å². The van der Waals surface area contributed by atoms with E-state index in [1.54, 1.807) is 18.3 Å². The number of hydrogen-bond donors (Lipinski definition) is 1. The monoisotopic (exact) mass is 224 g/mol. The summed E-state index contributed by atoms with van der Waals surface area (Å²) in [6, 6.07) is 4.82. The molecule has 1 aromatic heterocycles. The summed E-state index contributed by atoms with van der Waals surface area (Å²) < 4.78 is 18.4. The predicted molar refractivity (Wildman–Crippen MR) is 54.9 cm³/mol. The Morgan fingerprint density at radius 2 is 2.33 bits per heavy atom. The minimum Gasteiger partial charge on any atom is -0.440 e. The number of hydrogen-bond acceptors (Lipinski definition) is 4. The third kappa shape index (κ3) is 2.19. The van der Waals surface area contributed by atoms with Gasteiger partial charge in [-0.1, -0.05) is 6.07 Å². The third-order valence-electron chi connectivity index (χ3n) is 1.89. The van der Waals surface area contributed by atoms with Gasteiger partial charge in [-0.3, -0.25) is 0 Å².